The van der Waals surface area contributed by atoms with Crippen molar-refractivity contribution in [3.8, 4) is 0 Å². The molecule has 1 aromatic rings. The molecule has 3 N–H and O–H groups in total. The van der Waals surface area contributed by atoms with Gasteiger partial charge in [-0.3, -0.25) is 11.3 Å². The quantitative estimate of drug-likeness (QED) is 0.658. The average Bonchev–Trinajstić information content (AvgIpc) is 2.91. The first-order valence-electron chi connectivity index (χ1n) is 8.00. The molecule has 116 valence electrons. The number of nitrogens with one attached hydrogen (secondary N) is 1. The van der Waals surface area contributed by atoms with E-state index in [1.165, 1.54) is 36.8 Å². The van der Waals surface area contributed by atoms with E-state index in [0.29, 0.717) is 5.92 Å². The van der Waals surface area contributed by atoms with Gasteiger partial charge in [0.15, 0.2) is 0 Å². The van der Waals surface area contributed by atoms with Gasteiger partial charge in [0.2, 0.25) is 0 Å². The number of aryl methyl sites for hydroxylation is 1. The highest BCUT2D eigenvalue weighted by molar-refractivity contribution is 6.30. The van der Waals surface area contributed by atoms with E-state index < -0.39 is 0 Å². The van der Waals surface area contributed by atoms with Gasteiger partial charge in [-0.15, -0.1) is 0 Å². The summed E-state index contributed by atoms with van der Waals surface area (Å²) in [6.45, 7) is 2.98. The second-order valence-corrected chi connectivity index (χ2v) is 7.07. The molecule has 3 rings (SSSR count). The number of rotatable bonds is 3. The molecule has 0 amide bonds. The minimum absolute atomic E-state index is 0.116. The summed E-state index contributed by atoms with van der Waals surface area (Å²) in [5.74, 6) is 6.42. The highest BCUT2D eigenvalue weighted by Crippen LogP contribution is 2.45. The maximum Gasteiger partial charge on any atom is 0.0686 e. The topological polar surface area (TPSA) is 47.3 Å². The summed E-state index contributed by atoms with van der Waals surface area (Å²) in [5.41, 5.74) is 5.64. The summed E-state index contributed by atoms with van der Waals surface area (Å²) in [4.78, 5) is 0. The fraction of sp³-hybridized carbons (Fsp3) is 0.647. The maximum absolute atomic E-state index is 6.18. The van der Waals surface area contributed by atoms with Crippen molar-refractivity contribution in [1.29, 1.82) is 0 Å². The highest BCUT2D eigenvalue weighted by atomic mass is 35.5. The Labute approximate surface area is 132 Å². The number of nitrogens with two attached hydrogens (primary N) is 1. The van der Waals surface area contributed by atoms with Crippen molar-refractivity contribution in [2.75, 3.05) is 6.61 Å². The lowest BCUT2D eigenvalue weighted by molar-refractivity contribution is -0.0982. The van der Waals surface area contributed by atoms with Gasteiger partial charge in [0.1, 0.15) is 0 Å². The van der Waals surface area contributed by atoms with Crippen LogP contribution in [0.3, 0.4) is 0 Å². The molecule has 3 nitrogen and oxygen atoms in total. The standard InChI is InChI=1S/C17H25ClN2O/c1-12-4-5-14(18)10-15(12)16(20-19)13-6-9-21-17(11-13)7-2-3-8-17/h4-5,10,13,16,20H,2-3,6-9,11,19H2,1H3. The molecule has 1 aliphatic carbocycles. The highest BCUT2D eigenvalue weighted by Gasteiger charge is 2.42. The molecule has 0 radical (unpaired) electrons. The fourth-order valence-corrected chi connectivity index (χ4v) is 4.32. The Balaban J connectivity index is 1.84. The zero-order chi connectivity index (χ0) is 14.9. The smallest absolute Gasteiger partial charge is 0.0686 e. The van der Waals surface area contributed by atoms with Gasteiger partial charge < -0.3 is 4.74 Å². The minimum Gasteiger partial charge on any atom is -0.375 e. The van der Waals surface area contributed by atoms with Crippen LogP contribution in [0.25, 0.3) is 0 Å². The summed E-state index contributed by atoms with van der Waals surface area (Å²) < 4.78 is 6.15. The van der Waals surface area contributed by atoms with Gasteiger partial charge in [-0.05, 0) is 61.8 Å². The number of ether oxygens (including phenoxy) is 1. The Kier molecular flexibility index (Phi) is 4.55. The van der Waals surface area contributed by atoms with Crippen LogP contribution in [0.1, 0.15) is 55.7 Å². The number of hydrogen-bond donors (Lipinski definition) is 2. The second-order valence-electron chi connectivity index (χ2n) is 6.64. The van der Waals surface area contributed by atoms with E-state index in [0.717, 1.165) is 24.5 Å². The molecule has 4 heteroatoms. The molecule has 1 heterocycles. The van der Waals surface area contributed by atoms with Gasteiger partial charge in [-0.1, -0.05) is 30.5 Å². The third kappa shape index (κ3) is 3.11. The zero-order valence-electron chi connectivity index (χ0n) is 12.7. The molecule has 2 aliphatic rings. The van der Waals surface area contributed by atoms with E-state index in [4.69, 9.17) is 22.2 Å². The van der Waals surface area contributed by atoms with E-state index >= 15 is 0 Å². The predicted molar refractivity (Wildman–Crippen MR) is 86.1 cm³/mol. The summed E-state index contributed by atoms with van der Waals surface area (Å²) in [5, 5.41) is 0.776. The van der Waals surface area contributed by atoms with Gasteiger partial charge in [0.25, 0.3) is 0 Å². The number of benzene rings is 1. The first-order valence-corrected chi connectivity index (χ1v) is 8.37. The minimum atomic E-state index is 0.116. The molecule has 0 aromatic heterocycles. The fourth-order valence-electron chi connectivity index (χ4n) is 4.14. The number of halogens is 1. The first kappa shape index (κ1) is 15.3. The summed E-state index contributed by atoms with van der Waals surface area (Å²) >= 11 is 6.18. The van der Waals surface area contributed by atoms with Crippen LogP contribution in [0.4, 0.5) is 0 Å². The second kappa shape index (κ2) is 6.25. The lowest BCUT2D eigenvalue weighted by Gasteiger charge is -2.41. The zero-order valence-corrected chi connectivity index (χ0v) is 13.5. The third-order valence-electron chi connectivity index (χ3n) is 5.27. The molecular formula is C17H25ClN2O. The van der Waals surface area contributed by atoms with E-state index in [9.17, 15) is 0 Å². The van der Waals surface area contributed by atoms with Crippen molar-refractivity contribution in [2.24, 2.45) is 11.8 Å². The maximum atomic E-state index is 6.18. The molecule has 1 aliphatic heterocycles. The molecule has 1 saturated heterocycles. The largest absolute Gasteiger partial charge is 0.375 e. The van der Waals surface area contributed by atoms with Crippen LogP contribution in [0.15, 0.2) is 18.2 Å². The molecule has 0 bridgehead atoms. The van der Waals surface area contributed by atoms with Gasteiger partial charge in [0, 0.05) is 17.7 Å². The third-order valence-corrected chi connectivity index (χ3v) is 5.51. The van der Waals surface area contributed by atoms with Crippen molar-refractivity contribution in [3.63, 3.8) is 0 Å². The SMILES string of the molecule is Cc1ccc(Cl)cc1C(NN)C1CCOC2(CCCC2)C1. The first-order chi connectivity index (χ1) is 10.1. The van der Waals surface area contributed by atoms with Crippen molar-refractivity contribution in [1.82, 2.24) is 5.43 Å². The predicted octanol–water partition coefficient (Wildman–Crippen LogP) is 3.89. The van der Waals surface area contributed by atoms with Crippen LogP contribution in [-0.4, -0.2) is 12.2 Å². The summed E-state index contributed by atoms with van der Waals surface area (Å²) in [6, 6.07) is 6.23. The van der Waals surface area contributed by atoms with Gasteiger partial charge >= 0.3 is 0 Å². The Morgan fingerprint density at radius 2 is 2.14 bits per heavy atom. The molecule has 2 atom stereocenters. The van der Waals surface area contributed by atoms with Gasteiger partial charge in [-0.25, -0.2) is 0 Å². The van der Waals surface area contributed by atoms with Crippen LogP contribution in [-0.2, 0) is 4.74 Å². The van der Waals surface area contributed by atoms with Gasteiger partial charge in [-0.2, -0.15) is 0 Å². The molecule has 2 unspecified atom stereocenters. The lowest BCUT2D eigenvalue weighted by Crippen LogP contribution is -2.43. The normalized spacial score (nSPS) is 26.1. The van der Waals surface area contributed by atoms with Crippen molar-refractivity contribution in [3.05, 3.63) is 34.3 Å². The number of hydrazine groups is 1. The van der Waals surface area contributed by atoms with Crippen LogP contribution in [0.2, 0.25) is 5.02 Å². The number of hydrogen-bond acceptors (Lipinski definition) is 3. The van der Waals surface area contributed by atoms with Crippen LogP contribution < -0.4 is 11.3 Å². The molecule has 2 fully saturated rings. The van der Waals surface area contributed by atoms with Crippen molar-refractivity contribution < 1.29 is 4.74 Å². The molecule has 1 saturated carbocycles. The Morgan fingerprint density at radius 1 is 1.38 bits per heavy atom. The molecule has 1 spiro atoms. The van der Waals surface area contributed by atoms with E-state index in [-0.39, 0.29) is 11.6 Å². The van der Waals surface area contributed by atoms with Crippen LogP contribution in [0.5, 0.6) is 0 Å². The van der Waals surface area contributed by atoms with Crippen LogP contribution >= 0.6 is 11.6 Å². The summed E-state index contributed by atoms with van der Waals surface area (Å²) in [6.07, 6.45) is 7.16. The molecule has 21 heavy (non-hydrogen) atoms. The lowest BCUT2D eigenvalue weighted by atomic mass is 9.78. The Bertz CT molecular complexity index is 500. The Morgan fingerprint density at radius 3 is 2.86 bits per heavy atom. The average molecular weight is 309 g/mol. The van der Waals surface area contributed by atoms with Crippen molar-refractivity contribution >= 4 is 11.6 Å². The van der Waals surface area contributed by atoms with E-state index in [1.807, 2.05) is 6.07 Å². The molecule has 1 aromatic carbocycles. The summed E-state index contributed by atoms with van der Waals surface area (Å²) in [7, 11) is 0. The van der Waals surface area contributed by atoms with Crippen LogP contribution in [0, 0.1) is 12.8 Å². The molecular weight excluding hydrogens is 284 g/mol. The Hall–Kier alpha value is -0.610. The monoisotopic (exact) mass is 308 g/mol. The van der Waals surface area contributed by atoms with Crippen molar-refractivity contribution in [2.45, 2.75) is 57.1 Å². The van der Waals surface area contributed by atoms with E-state index in [2.05, 4.69) is 24.5 Å². The van der Waals surface area contributed by atoms with E-state index in [1.54, 1.807) is 0 Å². The van der Waals surface area contributed by atoms with Gasteiger partial charge in [0.05, 0.1) is 5.60 Å².